The van der Waals surface area contributed by atoms with Crippen LogP contribution in [0.5, 0.6) is 5.75 Å². The predicted octanol–water partition coefficient (Wildman–Crippen LogP) is 4.96. The van der Waals surface area contributed by atoms with Crippen molar-refractivity contribution < 1.29 is 49.8 Å². The Kier molecular flexibility index (Phi) is 7.30. The van der Waals surface area contributed by atoms with Crippen molar-refractivity contribution in [2.75, 3.05) is 11.9 Å². The molecule has 4 atom stereocenters. The number of ether oxygens (including phenoxy) is 2. The first-order valence-electron chi connectivity index (χ1n) is 11.8. The van der Waals surface area contributed by atoms with E-state index in [0.717, 1.165) is 32.2 Å². The zero-order valence-corrected chi connectivity index (χ0v) is 20.6. The molecule has 2 amide bonds. The Bertz CT molecular complexity index is 1280. The van der Waals surface area contributed by atoms with Gasteiger partial charge in [-0.05, 0) is 25.1 Å². The first-order chi connectivity index (χ1) is 18.0. The first-order valence-corrected chi connectivity index (χ1v) is 11.8. The maximum absolute atomic E-state index is 14.9. The van der Waals surface area contributed by atoms with Crippen molar-refractivity contribution in [1.29, 1.82) is 0 Å². The number of hydrogen-bond acceptors (Lipinski definition) is 5. The molecule has 212 valence electrons. The Hall–Kier alpha value is -3.42. The van der Waals surface area contributed by atoms with E-state index in [9.17, 15) is 40.3 Å². The smallest absolute Gasteiger partial charge is 0.417 e. The molecule has 2 aromatic rings. The molecule has 1 saturated heterocycles. The van der Waals surface area contributed by atoms with E-state index in [1.54, 1.807) is 0 Å². The largest absolute Gasteiger partial charge is 0.490 e. The number of nitrogens with one attached hydrogen (secondary N) is 1. The topological polar surface area (TPSA) is 104 Å². The Balaban J connectivity index is 1.71. The summed E-state index contributed by atoms with van der Waals surface area (Å²) in [4.78, 5) is 28.4. The molecule has 1 aliphatic heterocycles. The zero-order valence-electron chi connectivity index (χ0n) is 20.6. The predicted molar refractivity (Wildman–Crippen MR) is 122 cm³/mol. The molecule has 1 aromatic heterocycles. The number of nitrogens with two attached hydrogens (primary N) is 1. The summed E-state index contributed by atoms with van der Waals surface area (Å²) >= 11 is 0. The lowest BCUT2D eigenvalue weighted by atomic mass is 9.76. The third-order valence-corrected chi connectivity index (χ3v) is 7.28. The highest BCUT2D eigenvalue weighted by atomic mass is 19.4. The second kappa shape index (κ2) is 9.96. The summed E-state index contributed by atoms with van der Waals surface area (Å²) in [5.74, 6) is -12.3. The number of aromatic nitrogens is 1. The number of rotatable bonds is 7. The van der Waals surface area contributed by atoms with E-state index in [2.05, 4.69) is 10.3 Å². The minimum Gasteiger partial charge on any atom is -0.490 e. The van der Waals surface area contributed by atoms with Crippen LogP contribution in [0.25, 0.3) is 0 Å². The number of primary amides is 1. The molecule has 1 aromatic carbocycles. The molecule has 2 aliphatic rings. The summed E-state index contributed by atoms with van der Waals surface area (Å²) < 4.78 is 109. The molecule has 14 heteroatoms. The van der Waals surface area contributed by atoms with Gasteiger partial charge in [0.05, 0.1) is 6.61 Å². The molecule has 4 rings (SSSR count). The molecular weight excluding hydrogens is 539 g/mol. The van der Waals surface area contributed by atoms with Crippen LogP contribution in [0, 0.1) is 23.5 Å². The van der Waals surface area contributed by atoms with Gasteiger partial charge in [-0.3, -0.25) is 14.6 Å². The van der Waals surface area contributed by atoms with Gasteiger partial charge in [-0.15, -0.1) is 0 Å². The van der Waals surface area contributed by atoms with Crippen LogP contribution < -0.4 is 15.8 Å². The minimum atomic E-state index is -4.98. The van der Waals surface area contributed by atoms with Gasteiger partial charge in [0.25, 0.3) is 11.8 Å². The normalized spacial score (nSPS) is 26.6. The quantitative estimate of drug-likeness (QED) is 0.464. The molecule has 1 saturated carbocycles. The van der Waals surface area contributed by atoms with Crippen molar-refractivity contribution in [1.82, 2.24) is 4.98 Å². The van der Waals surface area contributed by atoms with Crippen molar-refractivity contribution in [2.24, 2.45) is 17.6 Å². The summed E-state index contributed by atoms with van der Waals surface area (Å²) in [7, 11) is 0. The number of amides is 2. The lowest BCUT2D eigenvalue weighted by Crippen LogP contribution is -2.47. The highest BCUT2D eigenvalue weighted by molar-refractivity contribution is 5.97. The Morgan fingerprint density at radius 2 is 1.87 bits per heavy atom. The maximum Gasteiger partial charge on any atom is 0.417 e. The van der Waals surface area contributed by atoms with Crippen molar-refractivity contribution in [2.45, 2.75) is 56.4 Å². The molecule has 7 nitrogen and oxygen atoms in total. The van der Waals surface area contributed by atoms with Gasteiger partial charge in [-0.2, -0.15) is 17.6 Å². The molecule has 2 fully saturated rings. The van der Waals surface area contributed by atoms with Gasteiger partial charge >= 0.3 is 6.18 Å². The zero-order chi connectivity index (χ0) is 28.9. The number of carbonyl (C=O) groups excluding carboxylic acids is 2. The number of anilines is 1. The summed E-state index contributed by atoms with van der Waals surface area (Å²) in [5, 5.41) is 2.34. The van der Waals surface area contributed by atoms with Crippen LogP contribution in [-0.2, 0) is 9.53 Å². The number of nitrogens with zero attached hydrogens (tertiary/aromatic N) is 1. The Labute approximate surface area is 217 Å². The highest BCUT2D eigenvalue weighted by Crippen LogP contribution is 2.55. The average Bonchev–Trinajstić information content (AvgIpc) is 3.10. The fraction of sp³-hybridized carbons (Fsp3) is 0.480. The lowest BCUT2D eigenvalue weighted by molar-refractivity contribution is -0.272. The van der Waals surface area contributed by atoms with E-state index in [4.69, 9.17) is 15.2 Å². The van der Waals surface area contributed by atoms with Gasteiger partial charge in [0, 0.05) is 48.0 Å². The van der Waals surface area contributed by atoms with E-state index in [1.807, 2.05) is 0 Å². The SMILES string of the molecule is C[C@@H]1[C@H](c2ccc(F)c(F)c2OCC2CC(F)(F)C2)[C@@H](C(=O)Nc2ccnc(C(N)=O)c2)O[C@@]1(C)C(F)(F)F. The fourth-order valence-corrected chi connectivity index (χ4v) is 4.94. The standard InChI is InChI=1S/C25H24F7N3O4/c1-11-17(14-3-4-15(26)18(27)19(14)38-10-12-8-24(28,29)9-12)20(39-23(11,2)25(30,31)32)22(37)35-13-5-6-34-16(7-13)21(33)36/h3-7,11-12,17,20H,8-10H2,1-2H3,(H2,33,36)(H,34,35,37)/t11-,17-,20+,23-/m1/s1. The number of alkyl halides is 5. The van der Waals surface area contributed by atoms with Gasteiger partial charge in [0.15, 0.2) is 17.2 Å². The molecule has 0 bridgehead atoms. The molecule has 3 N–H and O–H groups in total. The monoisotopic (exact) mass is 563 g/mol. The van der Waals surface area contributed by atoms with Crippen molar-refractivity contribution in [3.05, 3.63) is 53.4 Å². The molecule has 0 unspecified atom stereocenters. The van der Waals surface area contributed by atoms with Crippen LogP contribution in [0.1, 0.15) is 48.7 Å². The van der Waals surface area contributed by atoms with Crippen LogP contribution in [0.3, 0.4) is 0 Å². The van der Waals surface area contributed by atoms with Crippen LogP contribution >= 0.6 is 0 Å². The highest BCUT2D eigenvalue weighted by Gasteiger charge is 2.66. The second-order valence-corrected chi connectivity index (χ2v) is 9.96. The molecular formula is C25H24F7N3O4. The number of hydrogen-bond donors (Lipinski definition) is 2. The summed E-state index contributed by atoms with van der Waals surface area (Å²) in [6.45, 7) is 1.43. The molecule has 0 spiro atoms. The molecule has 0 radical (unpaired) electrons. The second-order valence-electron chi connectivity index (χ2n) is 9.96. The van der Waals surface area contributed by atoms with Crippen LogP contribution in [0.2, 0.25) is 0 Å². The van der Waals surface area contributed by atoms with Crippen LogP contribution in [0.15, 0.2) is 30.5 Å². The van der Waals surface area contributed by atoms with Crippen molar-refractivity contribution in [3.63, 3.8) is 0 Å². The molecule has 1 aliphatic carbocycles. The summed E-state index contributed by atoms with van der Waals surface area (Å²) in [6.07, 6.45) is -6.82. The summed E-state index contributed by atoms with van der Waals surface area (Å²) in [5.41, 5.74) is 1.71. The van der Waals surface area contributed by atoms with Gasteiger partial charge in [0.1, 0.15) is 11.8 Å². The maximum atomic E-state index is 14.9. The van der Waals surface area contributed by atoms with Crippen LogP contribution in [0.4, 0.5) is 36.4 Å². The van der Waals surface area contributed by atoms with E-state index in [-0.39, 0.29) is 16.9 Å². The third-order valence-electron chi connectivity index (χ3n) is 7.28. The van der Waals surface area contributed by atoms with Crippen molar-refractivity contribution in [3.8, 4) is 5.75 Å². The van der Waals surface area contributed by atoms with Gasteiger partial charge in [-0.25, -0.2) is 13.2 Å². The Morgan fingerprint density at radius 3 is 2.46 bits per heavy atom. The van der Waals surface area contributed by atoms with E-state index in [0.29, 0.717) is 6.07 Å². The minimum absolute atomic E-state index is 0.0351. The fourth-order valence-electron chi connectivity index (χ4n) is 4.94. The van der Waals surface area contributed by atoms with Crippen LogP contribution in [-0.4, -0.2) is 47.2 Å². The van der Waals surface area contributed by atoms with E-state index < -0.39 is 90.2 Å². The third kappa shape index (κ3) is 5.38. The number of pyridine rings is 1. The number of benzene rings is 1. The summed E-state index contributed by atoms with van der Waals surface area (Å²) in [6, 6.07) is 3.99. The molecule has 39 heavy (non-hydrogen) atoms. The Morgan fingerprint density at radius 1 is 1.21 bits per heavy atom. The average molecular weight is 563 g/mol. The van der Waals surface area contributed by atoms with Gasteiger partial charge in [0.2, 0.25) is 11.7 Å². The lowest BCUT2D eigenvalue weighted by Gasteiger charge is -2.35. The first kappa shape index (κ1) is 28.6. The van der Waals surface area contributed by atoms with Gasteiger partial charge in [-0.1, -0.05) is 13.0 Å². The number of halogens is 7. The van der Waals surface area contributed by atoms with Gasteiger partial charge < -0.3 is 20.5 Å². The van der Waals surface area contributed by atoms with Crippen molar-refractivity contribution >= 4 is 17.5 Å². The molecule has 2 heterocycles. The number of carbonyl (C=O) groups is 2. The van der Waals surface area contributed by atoms with E-state index >= 15 is 0 Å². The van der Waals surface area contributed by atoms with E-state index in [1.165, 1.54) is 6.07 Å².